The van der Waals surface area contributed by atoms with Gasteiger partial charge >= 0.3 is 0 Å². The zero-order chi connectivity index (χ0) is 10.2. The lowest BCUT2D eigenvalue weighted by Crippen LogP contribution is -2.53. The van der Waals surface area contributed by atoms with Gasteiger partial charge in [-0.2, -0.15) is 0 Å². The maximum absolute atomic E-state index is 3.54. The van der Waals surface area contributed by atoms with Crippen molar-refractivity contribution in [2.75, 3.05) is 39.8 Å². The molecule has 1 heterocycles. The molecule has 0 aromatic heterocycles. The molecule has 3 nitrogen and oxygen atoms in total. The third-order valence-corrected chi connectivity index (χ3v) is 2.98. The van der Waals surface area contributed by atoms with Gasteiger partial charge in [0.05, 0.1) is 0 Å². The first-order valence-corrected chi connectivity index (χ1v) is 5.96. The maximum Gasteiger partial charge on any atom is 0.0342 e. The summed E-state index contributed by atoms with van der Waals surface area (Å²) >= 11 is 0. The minimum absolute atomic E-state index is 0.686. The summed E-state index contributed by atoms with van der Waals surface area (Å²) in [6, 6.07) is 0.686. The molecular weight excluding hydrogens is 174 g/mol. The molecule has 0 aliphatic carbocycles. The molecule has 0 spiro atoms. The SMILES string of the molecule is CCCCCNCC1CNCCN1C. The molecule has 1 unspecified atom stereocenters. The Morgan fingerprint density at radius 1 is 1.43 bits per heavy atom. The highest BCUT2D eigenvalue weighted by molar-refractivity contribution is 4.78. The van der Waals surface area contributed by atoms with Crippen LogP contribution in [0.4, 0.5) is 0 Å². The van der Waals surface area contributed by atoms with E-state index in [1.54, 1.807) is 0 Å². The van der Waals surface area contributed by atoms with E-state index in [9.17, 15) is 0 Å². The molecule has 84 valence electrons. The van der Waals surface area contributed by atoms with Crippen molar-refractivity contribution < 1.29 is 0 Å². The molecule has 1 rings (SSSR count). The molecule has 0 bridgehead atoms. The summed E-state index contributed by atoms with van der Waals surface area (Å²) in [7, 11) is 2.22. The second-order valence-electron chi connectivity index (χ2n) is 4.25. The van der Waals surface area contributed by atoms with Gasteiger partial charge in [0.25, 0.3) is 0 Å². The van der Waals surface area contributed by atoms with Crippen LogP contribution in [0.2, 0.25) is 0 Å². The summed E-state index contributed by atoms with van der Waals surface area (Å²) in [6.45, 7) is 8.02. The molecular formula is C11H25N3. The van der Waals surface area contributed by atoms with E-state index in [1.165, 1.54) is 32.4 Å². The van der Waals surface area contributed by atoms with Crippen LogP contribution in [0.15, 0.2) is 0 Å². The van der Waals surface area contributed by atoms with Crippen molar-refractivity contribution in [3.8, 4) is 0 Å². The fourth-order valence-electron chi connectivity index (χ4n) is 1.86. The number of hydrogen-bond donors (Lipinski definition) is 2. The average molecular weight is 199 g/mol. The van der Waals surface area contributed by atoms with Crippen molar-refractivity contribution in [1.82, 2.24) is 15.5 Å². The van der Waals surface area contributed by atoms with E-state index in [1.807, 2.05) is 0 Å². The van der Waals surface area contributed by atoms with Crippen LogP contribution >= 0.6 is 0 Å². The van der Waals surface area contributed by atoms with E-state index in [-0.39, 0.29) is 0 Å². The van der Waals surface area contributed by atoms with Crippen LogP contribution in [0.1, 0.15) is 26.2 Å². The summed E-state index contributed by atoms with van der Waals surface area (Å²) < 4.78 is 0. The van der Waals surface area contributed by atoms with E-state index in [0.29, 0.717) is 6.04 Å². The highest BCUT2D eigenvalue weighted by Gasteiger charge is 2.17. The fraction of sp³-hybridized carbons (Fsp3) is 1.00. The number of likely N-dealkylation sites (N-methyl/N-ethyl adjacent to an activating group) is 1. The molecule has 1 fully saturated rings. The lowest BCUT2D eigenvalue weighted by Gasteiger charge is -2.33. The standard InChI is InChI=1S/C11H25N3/c1-3-4-5-6-12-9-11-10-13-7-8-14(11)2/h11-13H,3-10H2,1-2H3. The number of unbranched alkanes of at least 4 members (excludes halogenated alkanes) is 2. The van der Waals surface area contributed by atoms with E-state index < -0.39 is 0 Å². The minimum atomic E-state index is 0.686. The number of piperazine rings is 1. The minimum Gasteiger partial charge on any atom is -0.315 e. The second-order valence-corrected chi connectivity index (χ2v) is 4.25. The Hall–Kier alpha value is -0.120. The summed E-state index contributed by atoms with van der Waals surface area (Å²) in [5.41, 5.74) is 0. The Morgan fingerprint density at radius 3 is 3.00 bits per heavy atom. The van der Waals surface area contributed by atoms with Gasteiger partial charge in [0.2, 0.25) is 0 Å². The van der Waals surface area contributed by atoms with E-state index >= 15 is 0 Å². The highest BCUT2D eigenvalue weighted by Crippen LogP contribution is 1.98. The van der Waals surface area contributed by atoms with Crippen molar-refractivity contribution in [2.45, 2.75) is 32.2 Å². The first-order valence-electron chi connectivity index (χ1n) is 5.96. The van der Waals surface area contributed by atoms with Gasteiger partial charge in [0, 0.05) is 32.2 Å². The number of nitrogens with one attached hydrogen (secondary N) is 2. The zero-order valence-corrected chi connectivity index (χ0v) is 9.68. The molecule has 2 N–H and O–H groups in total. The van der Waals surface area contributed by atoms with Gasteiger partial charge < -0.3 is 10.6 Å². The zero-order valence-electron chi connectivity index (χ0n) is 9.68. The summed E-state index contributed by atoms with van der Waals surface area (Å²) in [5, 5.41) is 6.97. The van der Waals surface area contributed by atoms with Crippen molar-refractivity contribution in [2.24, 2.45) is 0 Å². The maximum atomic E-state index is 3.54. The molecule has 1 aliphatic heterocycles. The molecule has 0 aromatic rings. The molecule has 14 heavy (non-hydrogen) atoms. The first-order chi connectivity index (χ1) is 6.84. The van der Waals surface area contributed by atoms with Crippen molar-refractivity contribution in [1.29, 1.82) is 0 Å². The smallest absolute Gasteiger partial charge is 0.0342 e. The predicted molar refractivity (Wildman–Crippen MR) is 61.7 cm³/mol. The lowest BCUT2D eigenvalue weighted by molar-refractivity contribution is 0.196. The average Bonchev–Trinajstić information content (AvgIpc) is 2.20. The normalized spacial score (nSPS) is 24.0. The molecule has 1 saturated heterocycles. The van der Waals surface area contributed by atoms with Gasteiger partial charge in [-0.15, -0.1) is 0 Å². The fourth-order valence-corrected chi connectivity index (χ4v) is 1.86. The monoisotopic (exact) mass is 199 g/mol. The molecule has 0 saturated carbocycles. The van der Waals surface area contributed by atoms with Crippen LogP contribution in [0.5, 0.6) is 0 Å². The van der Waals surface area contributed by atoms with Crippen molar-refractivity contribution in [3.05, 3.63) is 0 Å². The molecule has 1 atom stereocenters. The Balaban J connectivity index is 1.99. The van der Waals surface area contributed by atoms with Crippen molar-refractivity contribution >= 4 is 0 Å². The van der Waals surface area contributed by atoms with E-state index in [0.717, 1.165) is 19.6 Å². The third-order valence-electron chi connectivity index (χ3n) is 2.98. The van der Waals surface area contributed by atoms with Crippen LogP contribution in [-0.2, 0) is 0 Å². The largest absolute Gasteiger partial charge is 0.315 e. The van der Waals surface area contributed by atoms with Gasteiger partial charge in [-0.05, 0) is 20.0 Å². The van der Waals surface area contributed by atoms with Crippen molar-refractivity contribution in [3.63, 3.8) is 0 Å². The van der Waals surface area contributed by atoms with Crippen LogP contribution < -0.4 is 10.6 Å². The molecule has 1 aliphatic rings. The summed E-state index contributed by atoms with van der Waals surface area (Å²) in [4.78, 5) is 2.45. The Labute approximate surface area is 88.2 Å². The molecule has 3 heteroatoms. The number of hydrogen-bond acceptors (Lipinski definition) is 3. The Bertz CT molecular complexity index is 138. The summed E-state index contributed by atoms with van der Waals surface area (Å²) in [6.07, 6.45) is 3.98. The van der Waals surface area contributed by atoms with Crippen LogP contribution in [0.25, 0.3) is 0 Å². The van der Waals surface area contributed by atoms with Gasteiger partial charge in [-0.25, -0.2) is 0 Å². The highest BCUT2D eigenvalue weighted by atomic mass is 15.2. The van der Waals surface area contributed by atoms with Gasteiger partial charge in [-0.1, -0.05) is 19.8 Å². The predicted octanol–water partition coefficient (Wildman–Crippen LogP) is 0.670. The van der Waals surface area contributed by atoms with Gasteiger partial charge in [0.15, 0.2) is 0 Å². The van der Waals surface area contributed by atoms with Crippen LogP contribution in [0.3, 0.4) is 0 Å². The first kappa shape index (κ1) is 12.0. The van der Waals surface area contributed by atoms with E-state index in [4.69, 9.17) is 0 Å². The third kappa shape index (κ3) is 4.40. The molecule has 0 radical (unpaired) electrons. The quantitative estimate of drug-likeness (QED) is 0.616. The Morgan fingerprint density at radius 2 is 2.29 bits per heavy atom. The number of nitrogens with zero attached hydrogens (tertiary/aromatic N) is 1. The van der Waals surface area contributed by atoms with Crippen LogP contribution in [0, 0.1) is 0 Å². The summed E-state index contributed by atoms with van der Waals surface area (Å²) in [5.74, 6) is 0. The second kappa shape index (κ2) is 7.21. The topological polar surface area (TPSA) is 27.3 Å². The molecule has 0 amide bonds. The van der Waals surface area contributed by atoms with E-state index in [2.05, 4.69) is 29.5 Å². The van der Waals surface area contributed by atoms with Gasteiger partial charge in [0.1, 0.15) is 0 Å². The van der Waals surface area contributed by atoms with Gasteiger partial charge in [-0.3, -0.25) is 4.90 Å². The molecule has 0 aromatic carbocycles. The lowest BCUT2D eigenvalue weighted by atomic mass is 10.2. The number of rotatable bonds is 6. The van der Waals surface area contributed by atoms with Crippen LogP contribution in [-0.4, -0.2) is 50.7 Å². The Kier molecular flexibility index (Phi) is 6.15.